The number of thiophene rings is 1. The lowest BCUT2D eigenvalue weighted by atomic mass is 10.0. The minimum Gasteiger partial charge on any atom is -0.497 e. The Hall–Kier alpha value is -3.59. The van der Waals surface area contributed by atoms with E-state index in [-0.39, 0.29) is 17.7 Å². The van der Waals surface area contributed by atoms with Crippen LogP contribution in [0.5, 0.6) is 5.75 Å². The summed E-state index contributed by atoms with van der Waals surface area (Å²) in [7, 11) is 1.53. The first-order valence-corrected chi connectivity index (χ1v) is 9.99. The van der Waals surface area contributed by atoms with Crippen LogP contribution in [0.4, 0.5) is 10.5 Å². The van der Waals surface area contributed by atoms with Crippen molar-refractivity contribution in [3.05, 3.63) is 80.9 Å². The molecule has 0 aliphatic carbocycles. The van der Waals surface area contributed by atoms with Crippen molar-refractivity contribution in [1.82, 2.24) is 9.88 Å². The van der Waals surface area contributed by atoms with Crippen molar-refractivity contribution in [3.63, 3.8) is 0 Å². The third-order valence-corrected chi connectivity index (χ3v) is 5.24. The quantitative estimate of drug-likeness (QED) is 0.511. The van der Waals surface area contributed by atoms with Crippen molar-refractivity contribution in [3.8, 4) is 5.75 Å². The number of anilines is 1. The number of benzene rings is 1. The molecule has 0 radical (unpaired) electrons. The molecule has 0 saturated carbocycles. The molecule has 3 N–H and O–H groups in total. The third-order valence-electron chi connectivity index (χ3n) is 4.38. The van der Waals surface area contributed by atoms with Crippen LogP contribution in [-0.2, 0) is 11.3 Å². The van der Waals surface area contributed by atoms with E-state index in [2.05, 4.69) is 10.6 Å². The Bertz CT molecular complexity index is 1060. The maximum atomic E-state index is 12.7. The molecule has 0 spiro atoms. The molecule has 3 aromatic rings. The van der Waals surface area contributed by atoms with Crippen LogP contribution in [0.25, 0.3) is 0 Å². The highest BCUT2D eigenvalue weighted by atomic mass is 32.1. The number of aliphatic carboxylic acids is 1. The van der Waals surface area contributed by atoms with Crippen LogP contribution >= 0.6 is 11.3 Å². The summed E-state index contributed by atoms with van der Waals surface area (Å²) in [5.41, 5.74) is 0.368. The molecule has 0 unspecified atom stereocenters. The van der Waals surface area contributed by atoms with Gasteiger partial charge in [-0.3, -0.25) is 9.59 Å². The van der Waals surface area contributed by atoms with Gasteiger partial charge in [0.25, 0.3) is 5.56 Å². The number of carboxylic acid groups (broad SMARTS) is 1. The number of hydrogen-bond donors (Lipinski definition) is 3. The summed E-state index contributed by atoms with van der Waals surface area (Å²) in [6, 6.07) is 12.3. The summed E-state index contributed by atoms with van der Waals surface area (Å²) < 4.78 is 6.60. The predicted molar refractivity (Wildman–Crippen MR) is 114 cm³/mol. The zero-order valence-electron chi connectivity index (χ0n) is 16.2. The molecule has 9 heteroatoms. The van der Waals surface area contributed by atoms with Crippen molar-refractivity contribution in [2.45, 2.75) is 19.0 Å². The fourth-order valence-corrected chi connectivity index (χ4v) is 3.61. The number of methoxy groups -OCH3 is 1. The second kappa shape index (κ2) is 9.75. The first kappa shape index (κ1) is 21.1. The number of carbonyl (C=O) groups excluding carboxylic acids is 1. The lowest BCUT2D eigenvalue weighted by Gasteiger charge is -2.18. The van der Waals surface area contributed by atoms with Crippen molar-refractivity contribution in [2.24, 2.45) is 0 Å². The molecule has 0 bridgehead atoms. The maximum Gasteiger partial charge on any atom is 0.319 e. The number of carbonyl (C=O) groups is 2. The number of pyridine rings is 1. The van der Waals surface area contributed by atoms with Crippen LogP contribution in [0.2, 0.25) is 0 Å². The Kier molecular flexibility index (Phi) is 6.87. The Morgan fingerprint density at radius 1 is 1.17 bits per heavy atom. The topological polar surface area (TPSA) is 110 Å². The van der Waals surface area contributed by atoms with Crippen molar-refractivity contribution < 1.29 is 19.4 Å². The minimum atomic E-state index is -1.06. The van der Waals surface area contributed by atoms with E-state index in [1.807, 2.05) is 17.5 Å². The van der Waals surface area contributed by atoms with Gasteiger partial charge in [0.15, 0.2) is 0 Å². The Labute approximate surface area is 176 Å². The fourth-order valence-electron chi connectivity index (χ4n) is 2.91. The molecule has 156 valence electrons. The molecule has 2 aromatic heterocycles. The molecular weight excluding hydrogens is 406 g/mol. The second-order valence-electron chi connectivity index (χ2n) is 6.46. The molecule has 0 fully saturated rings. The summed E-state index contributed by atoms with van der Waals surface area (Å²) in [4.78, 5) is 37.4. The average molecular weight is 427 g/mol. The molecule has 1 aromatic carbocycles. The number of carboxylic acids is 1. The first-order valence-electron chi connectivity index (χ1n) is 9.11. The van der Waals surface area contributed by atoms with Gasteiger partial charge in [0.05, 0.1) is 26.1 Å². The van der Waals surface area contributed by atoms with Gasteiger partial charge in [-0.25, -0.2) is 4.79 Å². The van der Waals surface area contributed by atoms with Gasteiger partial charge in [0.2, 0.25) is 0 Å². The van der Waals surface area contributed by atoms with Gasteiger partial charge < -0.3 is 25.0 Å². The van der Waals surface area contributed by atoms with Crippen molar-refractivity contribution >= 4 is 29.0 Å². The number of nitrogens with one attached hydrogen (secondary N) is 2. The van der Waals surface area contributed by atoms with Crippen LogP contribution < -0.4 is 20.9 Å². The molecule has 8 nitrogen and oxygen atoms in total. The van der Waals surface area contributed by atoms with Gasteiger partial charge in [0, 0.05) is 11.1 Å². The lowest BCUT2D eigenvalue weighted by molar-refractivity contribution is -0.137. The number of ether oxygens (including phenoxy) is 1. The summed E-state index contributed by atoms with van der Waals surface area (Å²) in [6.45, 7) is 0.404. The van der Waals surface area contributed by atoms with Crippen LogP contribution in [0.15, 0.2) is 64.9 Å². The van der Waals surface area contributed by atoms with E-state index in [0.717, 1.165) is 4.88 Å². The standard InChI is InChI=1S/C21H21N3O5S/c1-29-15-8-6-14(7-9-15)18(12-19(25)26)23-21(28)22-17-5-2-10-24(20(17)27)13-16-4-3-11-30-16/h2-11,18H,12-13H2,1H3,(H,25,26)(H2,22,23,28)/t18-/m0/s1. The number of urea groups is 1. The molecule has 2 heterocycles. The van der Waals surface area contributed by atoms with Gasteiger partial charge in [0.1, 0.15) is 11.4 Å². The second-order valence-corrected chi connectivity index (χ2v) is 7.49. The van der Waals surface area contributed by atoms with Crippen LogP contribution in [0, 0.1) is 0 Å². The Balaban J connectivity index is 1.73. The minimum absolute atomic E-state index is 0.107. The zero-order chi connectivity index (χ0) is 21.5. The van der Waals surface area contributed by atoms with Gasteiger partial charge >= 0.3 is 12.0 Å². The van der Waals surface area contributed by atoms with Crippen molar-refractivity contribution in [1.29, 1.82) is 0 Å². The largest absolute Gasteiger partial charge is 0.497 e. The number of nitrogens with zero attached hydrogens (tertiary/aromatic N) is 1. The van der Waals surface area contributed by atoms with E-state index in [4.69, 9.17) is 4.74 Å². The van der Waals surface area contributed by atoms with Gasteiger partial charge in [-0.15, -0.1) is 11.3 Å². The van der Waals surface area contributed by atoms with Crippen molar-refractivity contribution in [2.75, 3.05) is 12.4 Å². The van der Waals surface area contributed by atoms with E-state index < -0.39 is 18.0 Å². The molecule has 0 aliphatic rings. The zero-order valence-corrected chi connectivity index (χ0v) is 17.0. The highest BCUT2D eigenvalue weighted by Gasteiger charge is 2.19. The number of rotatable bonds is 8. The predicted octanol–water partition coefficient (Wildman–Crippen LogP) is 3.30. The van der Waals surface area contributed by atoms with Crippen LogP contribution in [0.1, 0.15) is 22.9 Å². The normalized spacial score (nSPS) is 11.5. The Morgan fingerprint density at radius 2 is 1.93 bits per heavy atom. The van der Waals surface area contributed by atoms with Gasteiger partial charge in [-0.05, 0) is 41.3 Å². The van der Waals surface area contributed by atoms with E-state index in [0.29, 0.717) is 17.9 Å². The molecule has 30 heavy (non-hydrogen) atoms. The number of aromatic nitrogens is 1. The first-order chi connectivity index (χ1) is 14.5. The maximum absolute atomic E-state index is 12.7. The van der Waals surface area contributed by atoms with E-state index in [1.165, 1.54) is 29.1 Å². The molecule has 0 aliphatic heterocycles. The fraction of sp³-hybridized carbons (Fsp3) is 0.190. The van der Waals surface area contributed by atoms with Gasteiger partial charge in [-0.1, -0.05) is 18.2 Å². The van der Waals surface area contributed by atoms with Gasteiger partial charge in [-0.2, -0.15) is 0 Å². The van der Waals surface area contributed by atoms with E-state index in [1.54, 1.807) is 36.5 Å². The average Bonchev–Trinajstić information content (AvgIpc) is 3.23. The molecule has 1 atom stereocenters. The van der Waals surface area contributed by atoms with Crippen LogP contribution in [0.3, 0.4) is 0 Å². The SMILES string of the molecule is COc1ccc([C@H](CC(=O)O)NC(=O)Nc2cccn(Cc3cccs3)c2=O)cc1. The molecule has 3 rings (SSSR count). The van der Waals surface area contributed by atoms with E-state index >= 15 is 0 Å². The Morgan fingerprint density at radius 3 is 2.57 bits per heavy atom. The smallest absolute Gasteiger partial charge is 0.319 e. The lowest BCUT2D eigenvalue weighted by Crippen LogP contribution is -2.36. The summed E-state index contributed by atoms with van der Waals surface area (Å²) in [6.07, 6.45) is 1.34. The molecule has 0 saturated heterocycles. The summed E-state index contributed by atoms with van der Waals surface area (Å²) in [5.74, 6) is -0.443. The summed E-state index contributed by atoms with van der Waals surface area (Å²) >= 11 is 1.54. The third kappa shape index (κ3) is 5.48. The highest BCUT2D eigenvalue weighted by Crippen LogP contribution is 2.20. The monoisotopic (exact) mass is 427 g/mol. The van der Waals surface area contributed by atoms with E-state index in [9.17, 15) is 19.5 Å². The highest BCUT2D eigenvalue weighted by molar-refractivity contribution is 7.09. The summed E-state index contributed by atoms with van der Waals surface area (Å²) in [5, 5.41) is 16.3. The molecule has 2 amide bonds. The van der Waals surface area contributed by atoms with Crippen LogP contribution in [-0.4, -0.2) is 28.8 Å². The molecular formula is C21H21N3O5S. The number of hydrogen-bond acceptors (Lipinski definition) is 5. The number of amides is 2.